The number of rotatable bonds is 0. The summed E-state index contributed by atoms with van der Waals surface area (Å²) in [5.74, 6) is 0. The van der Waals surface area contributed by atoms with Crippen molar-refractivity contribution >= 4 is 11.8 Å². The van der Waals surface area contributed by atoms with Gasteiger partial charge in [0.15, 0.2) is 0 Å². The highest BCUT2D eigenvalue weighted by Crippen LogP contribution is 2.33. The van der Waals surface area contributed by atoms with Gasteiger partial charge in [-0.1, -0.05) is 23.8 Å². The number of fused-ring (bicyclic) bond motifs is 1. The summed E-state index contributed by atoms with van der Waals surface area (Å²) in [4.78, 5) is 2.32. The Kier molecular flexibility index (Phi) is 1.91. The summed E-state index contributed by atoms with van der Waals surface area (Å²) in [6, 6.07) is 6.61. The normalized spacial score (nSPS) is 18.1. The molecule has 0 N–H and O–H groups in total. The molecule has 1 heteroatoms. The van der Waals surface area contributed by atoms with Crippen molar-refractivity contribution in [2.45, 2.75) is 26.3 Å². The van der Waals surface area contributed by atoms with Crippen LogP contribution in [0, 0.1) is 6.92 Å². The summed E-state index contributed by atoms with van der Waals surface area (Å²) < 4.78 is 0. The monoisotopic (exact) mass is 187 g/mol. The molecule has 0 fully saturated rings. The van der Waals surface area contributed by atoms with Gasteiger partial charge in [0.1, 0.15) is 0 Å². The van der Waals surface area contributed by atoms with E-state index < -0.39 is 0 Å². The lowest BCUT2D eigenvalue weighted by atomic mass is 9.94. The molecular weight excluding hydrogens is 170 g/mol. The van der Waals surface area contributed by atoms with Gasteiger partial charge in [0.2, 0.25) is 0 Å². The Morgan fingerprint density at radius 3 is 2.64 bits per heavy atom. The second kappa shape index (κ2) is 2.88. The van der Waals surface area contributed by atoms with Crippen molar-refractivity contribution in [1.29, 1.82) is 0 Å². The van der Waals surface area contributed by atoms with E-state index in [2.05, 4.69) is 63.1 Å². The molecule has 1 aromatic carbocycles. The average Bonchev–Trinajstić information content (AvgIpc) is 2.12. The highest BCUT2D eigenvalue weighted by molar-refractivity contribution is 5.73. The fourth-order valence-electron chi connectivity index (χ4n) is 1.83. The van der Waals surface area contributed by atoms with Crippen molar-refractivity contribution in [1.82, 2.24) is 0 Å². The lowest BCUT2D eigenvalue weighted by Gasteiger charge is -2.39. The summed E-state index contributed by atoms with van der Waals surface area (Å²) in [5.41, 5.74) is 4.10. The van der Waals surface area contributed by atoms with Crippen LogP contribution in [0.25, 0.3) is 6.08 Å². The Morgan fingerprint density at radius 2 is 1.93 bits per heavy atom. The number of nitrogens with zero attached hydrogens (tertiary/aromatic N) is 1. The quantitative estimate of drug-likeness (QED) is 0.602. The van der Waals surface area contributed by atoms with Gasteiger partial charge in [0.05, 0.1) is 5.54 Å². The van der Waals surface area contributed by atoms with E-state index in [-0.39, 0.29) is 5.54 Å². The van der Waals surface area contributed by atoms with Crippen LogP contribution >= 0.6 is 0 Å². The largest absolute Gasteiger partial charge is 0.366 e. The summed E-state index contributed by atoms with van der Waals surface area (Å²) in [6.45, 7) is 6.59. The zero-order chi connectivity index (χ0) is 10.3. The molecule has 0 aliphatic carbocycles. The Morgan fingerprint density at radius 1 is 1.21 bits per heavy atom. The third kappa shape index (κ3) is 1.33. The van der Waals surface area contributed by atoms with Crippen LogP contribution in [0.4, 0.5) is 5.69 Å². The Labute approximate surface area is 86.1 Å². The van der Waals surface area contributed by atoms with Crippen LogP contribution in [0.1, 0.15) is 25.0 Å². The van der Waals surface area contributed by atoms with Crippen LogP contribution in [0.15, 0.2) is 24.3 Å². The highest BCUT2D eigenvalue weighted by Gasteiger charge is 2.25. The number of hydrogen-bond donors (Lipinski definition) is 0. The number of likely N-dealkylation sites (N-methyl/N-ethyl adjacent to an activating group) is 1. The van der Waals surface area contributed by atoms with E-state index in [1.807, 2.05) is 0 Å². The predicted molar refractivity (Wildman–Crippen MR) is 62.7 cm³/mol. The number of benzene rings is 1. The molecule has 0 amide bonds. The maximum atomic E-state index is 2.32. The molecule has 0 radical (unpaired) electrons. The van der Waals surface area contributed by atoms with E-state index in [1.54, 1.807) is 0 Å². The first-order valence-corrected chi connectivity index (χ1v) is 5.04. The van der Waals surface area contributed by atoms with Gasteiger partial charge in [0.25, 0.3) is 0 Å². The fraction of sp³-hybridized carbons (Fsp3) is 0.385. The van der Waals surface area contributed by atoms with Gasteiger partial charge < -0.3 is 4.90 Å². The zero-order valence-corrected chi connectivity index (χ0v) is 9.33. The summed E-state index contributed by atoms with van der Waals surface area (Å²) in [5, 5.41) is 0. The average molecular weight is 187 g/mol. The van der Waals surface area contributed by atoms with Crippen LogP contribution in [-0.4, -0.2) is 12.6 Å². The molecule has 1 aliphatic rings. The molecule has 0 saturated heterocycles. The molecule has 0 saturated carbocycles. The van der Waals surface area contributed by atoms with Gasteiger partial charge in [0, 0.05) is 12.7 Å². The minimum Gasteiger partial charge on any atom is -0.366 e. The van der Waals surface area contributed by atoms with Gasteiger partial charge in [-0.15, -0.1) is 0 Å². The van der Waals surface area contributed by atoms with Crippen molar-refractivity contribution in [2.24, 2.45) is 0 Å². The molecule has 2 rings (SSSR count). The number of anilines is 1. The van der Waals surface area contributed by atoms with Crippen molar-refractivity contribution in [3.63, 3.8) is 0 Å². The molecular formula is C13H17N. The highest BCUT2D eigenvalue weighted by atomic mass is 15.2. The van der Waals surface area contributed by atoms with Crippen LogP contribution in [-0.2, 0) is 0 Å². The molecule has 1 aliphatic heterocycles. The van der Waals surface area contributed by atoms with Crippen LogP contribution < -0.4 is 4.90 Å². The van der Waals surface area contributed by atoms with Crippen molar-refractivity contribution in [3.8, 4) is 0 Å². The summed E-state index contributed by atoms with van der Waals surface area (Å²) in [7, 11) is 2.15. The van der Waals surface area contributed by atoms with Crippen LogP contribution in [0.2, 0.25) is 0 Å². The van der Waals surface area contributed by atoms with Crippen molar-refractivity contribution in [2.75, 3.05) is 11.9 Å². The van der Waals surface area contributed by atoms with E-state index >= 15 is 0 Å². The van der Waals surface area contributed by atoms with Crippen molar-refractivity contribution < 1.29 is 0 Å². The molecule has 1 aromatic rings. The minimum absolute atomic E-state index is 0.127. The van der Waals surface area contributed by atoms with E-state index in [9.17, 15) is 0 Å². The standard InChI is InChI=1S/C13H17N/c1-10-5-6-12-11(9-10)7-8-13(2,3)14(12)4/h5-9H,1-4H3. The lowest BCUT2D eigenvalue weighted by Crippen LogP contribution is -2.41. The summed E-state index contributed by atoms with van der Waals surface area (Å²) in [6.07, 6.45) is 4.48. The minimum atomic E-state index is 0.127. The first kappa shape index (κ1) is 9.32. The van der Waals surface area contributed by atoms with E-state index in [1.165, 1.54) is 16.8 Å². The first-order chi connectivity index (χ1) is 6.50. The van der Waals surface area contributed by atoms with Crippen LogP contribution in [0.3, 0.4) is 0 Å². The molecule has 0 bridgehead atoms. The van der Waals surface area contributed by atoms with Crippen LogP contribution in [0.5, 0.6) is 0 Å². The topological polar surface area (TPSA) is 3.24 Å². The Hall–Kier alpha value is -1.24. The van der Waals surface area contributed by atoms with Gasteiger partial charge in [-0.05, 0) is 38.5 Å². The first-order valence-electron chi connectivity index (χ1n) is 5.04. The molecule has 1 heterocycles. The molecule has 14 heavy (non-hydrogen) atoms. The molecule has 0 aromatic heterocycles. The second-order valence-corrected chi connectivity index (χ2v) is 4.61. The maximum Gasteiger partial charge on any atom is 0.0528 e. The molecule has 0 unspecified atom stereocenters. The Balaban J connectivity index is 2.55. The second-order valence-electron chi connectivity index (χ2n) is 4.61. The SMILES string of the molecule is Cc1ccc2c(c1)C=CC(C)(C)N2C. The third-order valence-corrected chi connectivity index (χ3v) is 3.08. The van der Waals surface area contributed by atoms with Gasteiger partial charge >= 0.3 is 0 Å². The smallest absolute Gasteiger partial charge is 0.0528 e. The van der Waals surface area contributed by atoms with E-state index in [0.29, 0.717) is 0 Å². The van der Waals surface area contributed by atoms with Gasteiger partial charge in [-0.3, -0.25) is 0 Å². The van der Waals surface area contributed by atoms with Crippen molar-refractivity contribution in [3.05, 3.63) is 35.4 Å². The lowest BCUT2D eigenvalue weighted by molar-refractivity contribution is 0.600. The molecule has 74 valence electrons. The molecule has 1 nitrogen and oxygen atoms in total. The Bertz CT molecular complexity index is 388. The molecule has 0 atom stereocenters. The number of aryl methyl sites for hydroxylation is 1. The number of hydrogen-bond acceptors (Lipinski definition) is 1. The summed E-state index contributed by atoms with van der Waals surface area (Å²) >= 11 is 0. The van der Waals surface area contributed by atoms with Gasteiger partial charge in [-0.25, -0.2) is 0 Å². The van der Waals surface area contributed by atoms with Gasteiger partial charge in [-0.2, -0.15) is 0 Å². The maximum absolute atomic E-state index is 2.32. The third-order valence-electron chi connectivity index (χ3n) is 3.08. The fourth-order valence-corrected chi connectivity index (χ4v) is 1.83. The van der Waals surface area contributed by atoms with E-state index in [0.717, 1.165) is 0 Å². The van der Waals surface area contributed by atoms with E-state index in [4.69, 9.17) is 0 Å². The predicted octanol–water partition coefficient (Wildman–Crippen LogP) is 3.24. The zero-order valence-electron chi connectivity index (χ0n) is 9.33. The molecule has 0 spiro atoms.